The molecule has 3 amide bonds. The average molecular weight is 659 g/mol. The summed E-state index contributed by atoms with van der Waals surface area (Å²) in [5.41, 5.74) is 5.39. The molecule has 4 rings (SSSR count). The number of fused-ring (bicyclic) bond motifs is 3. The minimum absolute atomic E-state index is 0.0269. The van der Waals surface area contributed by atoms with E-state index in [0.717, 1.165) is 11.6 Å². The van der Waals surface area contributed by atoms with Gasteiger partial charge in [-0.1, -0.05) is 64.9 Å². The molecule has 9 nitrogen and oxygen atoms in total. The number of H-pyrrole nitrogens is 1. The van der Waals surface area contributed by atoms with E-state index in [4.69, 9.17) is 18.0 Å². The lowest BCUT2D eigenvalue weighted by Gasteiger charge is -2.40. The van der Waals surface area contributed by atoms with Crippen molar-refractivity contribution in [2.75, 3.05) is 0 Å². The normalized spacial score (nSPS) is 18.9. The number of aryl methyl sites for hydroxylation is 1. The van der Waals surface area contributed by atoms with Crippen LogP contribution >= 0.6 is 12.2 Å². The number of rotatable bonds is 12. The first-order valence-corrected chi connectivity index (χ1v) is 15.9. The quantitative estimate of drug-likeness (QED) is 0.181. The summed E-state index contributed by atoms with van der Waals surface area (Å²) in [5, 5.41) is 9.07. The van der Waals surface area contributed by atoms with Gasteiger partial charge in [-0.25, -0.2) is 0 Å². The number of alkyl halides is 3. The first-order valence-electron chi connectivity index (χ1n) is 15.5. The highest BCUT2D eigenvalue weighted by Gasteiger charge is 2.47. The molecular formula is C33H41F3N6O3S. The van der Waals surface area contributed by atoms with Crippen molar-refractivity contribution in [1.29, 1.82) is 0 Å². The summed E-state index contributed by atoms with van der Waals surface area (Å²) in [4.78, 5) is 48.4. The predicted octanol–water partition coefficient (Wildman–Crippen LogP) is 4.52. The SMILES string of the molecule is CCC(C)[C@H](NC(=O)Cc1ccncc1)C(=O)N[C@]1(C(=O)NC(C(N)=S)[C@@H](C)CC)CCc2[nH]c3c(C(F)(F)F)cccc3c2C1. The number of nitrogens with one attached hydrogen (secondary N) is 4. The number of carbonyl (C=O) groups is 3. The molecule has 2 unspecified atom stereocenters. The molecule has 0 saturated heterocycles. The molecule has 1 aliphatic rings. The molecular weight excluding hydrogens is 617 g/mol. The van der Waals surface area contributed by atoms with Crippen LogP contribution in [0, 0.1) is 11.8 Å². The number of aromatic amines is 1. The zero-order valence-corrected chi connectivity index (χ0v) is 27.2. The van der Waals surface area contributed by atoms with Crippen LogP contribution in [0.25, 0.3) is 10.9 Å². The van der Waals surface area contributed by atoms with Gasteiger partial charge in [-0.15, -0.1) is 0 Å². The Morgan fingerprint density at radius 1 is 1.04 bits per heavy atom. The fourth-order valence-electron chi connectivity index (χ4n) is 6.00. The number of benzene rings is 1. The van der Waals surface area contributed by atoms with Crippen LogP contribution in [-0.4, -0.2) is 50.3 Å². The Balaban J connectivity index is 1.72. The lowest BCUT2D eigenvalue weighted by atomic mass is 9.78. The minimum atomic E-state index is -4.59. The van der Waals surface area contributed by atoms with Crippen molar-refractivity contribution in [3.05, 3.63) is 65.1 Å². The van der Waals surface area contributed by atoms with Gasteiger partial charge in [0, 0.05) is 29.9 Å². The van der Waals surface area contributed by atoms with Gasteiger partial charge in [0.25, 0.3) is 0 Å². The van der Waals surface area contributed by atoms with E-state index in [-0.39, 0.29) is 53.9 Å². The predicted molar refractivity (Wildman–Crippen MR) is 174 cm³/mol. The van der Waals surface area contributed by atoms with Crippen molar-refractivity contribution in [3.63, 3.8) is 0 Å². The van der Waals surface area contributed by atoms with E-state index in [1.807, 2.05) is 27.7 Å². The van der Waals surface area contributed by atoms with Crippen molar-refractivity contribution >= 4 is 45.8 Å². The highest BCUT2D eigenvalue weighted by molar-refractivity contribution is 7.80. The molecule has 0 radical (unpaired) electrons. The minimum Gasteiger partial charge on any atom is -0.392 e. The summed E-state index contributed by atoms with van der Waals surface area (Å²) in [6, 6.07) is 5.68. The van der Waals surface area contributed by atoms with Crippen molar-refractivity contribution in [2.24, 2.45) is 17.6 Å². The third-order valence-electron chi connectivity index (χ3n) is 9.14. The Hall–Kier alpha value is -4.00. The second kappa shape index (κ2) is 14.2. The van der Waals surface area contributed by atoms with Crippen molar-refractivity contribution in [1.82, 2.24) is 25.9 Å². The summed E-state index contributed by atoms with van der Waals surface area (Å²) in [5.74, 6) is -1.90. The smallest absolute Gasteiger partial charge is 0.392 e. The highest BCUT2D eigenvalue weighted by Crippen LogP contribution is 2.40. The van der Waals surface area contributed by atoms with Crippen LogP contribution in [-0.2, 0) is 39.8 Å². The van der Waals surface area contributed by atoms with E-state index in [1.54, 1.807) is 30.6 Å². The molecule has 13 heteroatoms. The van der Waals surface area contributed by atoms with E-state index >= 15 is 0 Å². The topological polar surface area (TPSA) is 142 Å². The van der Waals surface area contributed by atoms with Gasteiger partial charge in [0.15, 0.2) is 0 Å². The summed E-state index contributed by atoms with van der Waals surface area (Å²) in [7, 11) is 0. The number of amides is 3. The first-order chi connectivity index (χ1) is 21.7. The van der Waals surface area contributed by atoms with Gasteiger partial charge >= 0.3 is 6.18 Å². The standard InChI is InChI=1S/C33H41F3N6O3S/c1-5-18(3)26(29(37)46)41-31(45)32(13-10-24-22(17-32)21-8-7-9-23(28(21)39-24)33(34,35)36)42-30(44)27(19(4)6-2)40-25(43)16-20-11-14-38-15-12-20/h7-9,11-12,14-15,18-19,26-27,39H,5-6,10,13,16-17H2,1-4H3,(H2,37,46)(H,40,43)(H,41,45)(H,42,44)/t18-,19?,26?,27-,32+/m0/s1. The lowest BCUT2D eigenvalue weighted by Crippen LogP contribution is -2.67. The molecule has 0 fully saturated rings. The van der Waals surface area contributed by atoms with Gasteiger partial charge < -0.3 is 26.7 Å². The fraction of sp³-hybridized carbons (Fsp3) is 0.485. The first kappa shape index (κ1) is 34.9. The van der Waals surface area contributed by atoms with Crippen molar-refractivity contribution < 1.29 is 27.6 Å². The number of nitrogens with two attached hydrogens (primary N) is 1. The van der Waals surface area contributed by atoms with Gasteiger partial charge in [-0.2, -0.15) is 13.2 Å². The number of hydrogen-bond acceptors (Lipinski definition) is 5. The van der Waals surface area contributed by atoms with Gasteiger partial charge in [-0.05, 0) is 54.0 Å². The van der Waals surface area contributed by atoms with Gasteiger partial charge in [0.05, 0.1) is 28.5 Å². The van der Waals surface area contributed by atoms with Crippen LogP contribution < -0.4 is 21.7 Å². The van der Waals surface area contributed by atoms with Crippen LogP contribution in [0.3, 0.4) is 0 Å². The summed E-state index contributed by atoms with van der Waals surface area (Å²) in [6.45, 7) is 7.54. The van der Waals surface area contributed by atoms with Crippen molar-refractivity contribution in [2.45, 2.75) is 90.0 Å². The zero-order chi connectivity index (χ0) is 33.8. The molecule has 0 saturated carbocycles. The molecule has 3 aromatic rings. The van der Waals surface area contributed by atoms with E-state index < -0.39 is 41.2 Å². The Morgan fingerprint density at radius 3 is 2.30 bits per heavy atom. The Morgan fingerprint density at radius 2 is 1.70 bits per heavy atom. The lowest BCUT2D eigenvalue weighted by molar-refractivity contribution is -0.137. The number of nitrogens with zero attached hydrogens (tertiary/aromatic N) is 1. The van der Waals surface area contributed by atoms with Crippen LogP contribution in [0.15, 0.2) is 42.7 Å². The maximum absolute atomic E-state index is 14.3. The van der Waals surface area contributed by atoms with Gasteiger partial charge in [0.2, 0.25) is 17.7 Å². The number of pyridine rings is 1. The third-order valence-corrected chi connectivity index (χ3v) is 9.40. The van der Waals surface area contributed by atoms with Gasteiger partial charge in [0.1, 0.15) is 11.6 Å². The molecule has 1 aliphatic carbocycles. The second-order valence-corrected chi connectivity index (χ2v) is 12.7. The number of para-hydroxylation sites is 1. The molecule has 6 N–H and O–H groups in total. The third kappa shape index (κ3) is 7.51. The number of thiocarbonyl (C=S) groups is 1. The zero-order valence-electron chi connectivity index (χ0n) is 26.4. The second-order valence-electron chi connectivity index (χ2n) is 12.3. The van der Waals surface area contributed by atoms with E-state index in [9.17, 15) is 27.6 Å². The molecule has 46 heavy (non-hydrogen) atoms. The maximum atomic E-state index is 14.3. The monoisotopic (exact) mass is 658 g/mol. The molecule has 248 valence electrons. The molecule has 2 aromatic heterocycles. The Kier molecular flexibility index (Phi) is 10.8. The number of hydrogen-bond donors (Lipinski definition) is 5. The van der Waals surface area contributed by atoms with Crippen LogP contribution in [0.5, 0.6) is 0 Å². The largest absolute Gasteiger partial charge is 0.418 e. The van der Waals surface area contributed by atoms with Crippen LogP contribution in [0.2, 0.25) is 0 Å². The summed E-state index contributed by atoms with van der Waals surface area (Å²) < 4.78 is 41.7. The molecule has 0 aliphatic heterocycles. The van der Waals surface area contributed by atoms with E-state index in [1.165, 1.54) is 6.07 Å². The number of aromatic nitrogens is 2. The molecule has 5 atom stereocenters. The highest BCUT2D eigenvalue weighted by atomic mass is 32.1. The fourth-order valence-corrected chi connectivity index (χ4v) is 6.29. The number of carbonyl (C=O) groups excluding carboxylic acids is 3. The number of halogens is 3. The van der Waals surface area contributed by atoms with Crippen LogP contribution in [0.4, 0.5) is 13.2 Å². The molecule has 0 spiro atoms. The molecule has 1 aromatic carbocycles. The van der Waals surface area contributed by atoms with E-state index in [2.05, 4.69) is 25.9 Å². The van der Waals surface area contributed by atoms with E-state index in [0.29, 0.717) is 29.5 Å². The molecule has 2 heterocycles. The summed E-state index contributed by atoms with van der Waals surface area (Å²) in [6.07, 6.45) is 0.00170. The van der Waals surface area contributed by atoms with Gasteiger partial charge in [-0.3, -0.25) is 19.4 Å². The van der Waals surface area contributed by atoms with Crippen molar-refractivity contribution in [3.8, 4) is 0 Å². The van der Waals surface area contributed by atoms with Crippen LogP contribution in [0.1, 0.15) is 69.3 Å². The summed E-state index contributed by atoms with van der Waals surface area (Å²) >= 11 is 5.27. The Labute approximate surface area is 271 Å². The Bertz CT molecular complexity index is 1590. The maximum Gasteiger partial charge on any atom is 0.418 e. The average Bonchev–Trinajstić information content (AvgIpc) is 3.39. The molecule has 0 bridgehead atoms.